The van der Waals surface area contributed by atoms with Crippen molar-refractivity contribution in [2.75, 3.05) is 10.6 Å². The minimum absolute atomic E-state index is 0.134. The zero-order valence-electron chi connectivity index (χ0n) is 11.5. The van der Waals surface area contributed by atoms with Gasteiger partial charge in [-0.2, -0.15) is 0 Å². The number of amides is 2. The predicted octanol–water partition coefficient (Wildman–Crippen LogP) is 6.52. The van der Waals surface area contributed by atoms with Crippen molar-refractivity contribution in [1.82, 2.24) is 0 Å². The van der Waals surface area contributed by atoms with Gasteiger partial charge >= 0.3 is 12.4 Å². The molecule has 10 heteroatoms. The highest BCUT2D eigenvalue weighted by atomic mass is 79.9. The summed E-state index contributed by atoms with van der Waals surface area (Å²) in [6, 6.07) is 8.16. The van der Waals surface area contributed by atoms with E-state index in [1.807, 2.05) is 0 Å². The van der Waals surface area contributed by atoms with E-state index in [0.717, 1.165) is 21.1 Å². The summed E-state index contributed by atoms with van der Waals surface area (Å²) in [6.07, 6.45) is -4.82. The van der Waals surface area contributed by atoms with Crippen LogP contribution >= 0.6 is 47.8 Å². The highest BCUT2D eigenvalue weighted by molar-refractivity contribution is 9.11. The molecule has 0 fully saturated rings. The SMILES string of the molecule is O=C(Nc1cc(Br)cc(Br)c1)Nc1cc(Br)cc(OC(F)(F)F)c1. The van der Waals surface area contributed by atoms with E-state index >= 15 is 0 Å². The Morgan fingerprint density at radius 2 is 1.29 bits per heavy atom. The van der Waals surface area contributed by atoms with E-state index in [9.17, 15) is 18.0 Å². The number of carbonyl (C=O) groups excluding carboxylic acids is 1. The van der Waals surface area contributed by atoms with Gasteiger partial charge in [0.2, 0.25) is 0 Å². The monoisotopic (exact) mass is 530 g/mol. The van der Waals surface area contributed by atoms with Gasteiger partial charge in [0.1, 0.15) is 5.75 Å². The standard InChI is InChI=1S/C14H8Br3F3N2O2/c15-7-1-8(16)3-10(2-7)21-13(23)22-11-4-9(17)5-12(6-11)24-14(18,19)20/h1-6H,(H2,21,22,23). The number of alkyl halides is 3. The summed E-state index contributed by atoms with van der Waals surface area (Å²) in [4.78, 5) is 12.0. The number of halogens is 6. The van der Waals surface area contributed by atoms with E-state index < -0.39 is 18.1 Å². The summed E-state index contributed by atoms with van der Waals surface area (Å²) in [6.45, 7) is 0. The molecule has 24 heavy (non-hydrogen) atoms. The van der Waals surface area contributed by atoms with Crippen molar-refractivity contribution in [3.05, 3.63) is 49.8 Å². The highest BCUT2D eigenvalue weighted by Gasteiger charge is 2.31. The number of rotatable bonds is 3. The van der Waals surface area contributed by atoms with Crippen LogP contribution < -0.4 is 15.4 Å². The lowest BCUT2D eigenvalue weighted by molar-refractivity contribution is -0.274. The van der Waals surface area contributed by atoms with Gasteiger partial charge in [-0.05, 0) is 30.3 Å². The third-order valence-electron chi connectivity index (χ3n) is 2.48. The minimum Gasteiger partial charge on any atom is -0.406 e. The van der Waals surface area contributed by atoms with Crippen LogP contribution in [-0.4, -0.2) is 12.4 Å². The Hall–Kier alpha value is -1.26. The van der Waals surface area contributed by atoms with Crippen LogP contribution in [0.4, 0.5) is 29.3 Å². The molecule has 0 bridgehead atoms. The predicted molar refractivity (Wildman–Crippen MR) is 95.3 cm³/mol. The lowest BCUT2D eigenvalue weighted by atomic mass is 10.3. The van der Waals surface area contributed by atoms with Crippen molar-refractivity contribution < 1.29 is 22.7 Å². The zero-order chi connectivity index (χ0) is 17.9. The van der Waals surface area contributed by atoms with Crippen LogP contribution in [0.1, 0.15) is 0 Å². The summed E-state index contributed by atoms with van der Waals surface area (Å²) >= 11 is 9.64. The molecule has 0 radical (unpaired) electrons. The second kappa shape index (κ2) is 7.75. The molecule has 128 valence electrons. The molecule has 0 spiro atoms. The van der Waals surface area contributed by atoms with Gasteiger partial charge in [-0.15, -0.1) is 13.2 Å². The van der Waals surface area contributed by atoms with Crippen molar-refractivity contribution in [1.29, 1.82) is 0 Å². The van der Waals surface area contributed by atoms with E-state index in [4.69, 9.17) is 0 Å². The highest BCUT2D eigenvalue weighted by Crippen LogP contribution is 2.29. The molecule has 2 amide bonds. The second-order valence-electron chi connectivity index (χ2n) is 4.46. The van der Waals surface area contributed by atoms with Crippen LogP contribution in [0.5, 0.6) is 5.75 Å². The molecule has 0 saturated carbocycles. The molecule has 0 aliphatic heterocycles. The number of nitrogens with one attached hydrogen (secondary N) is 2. The molecule has 0 aromatic heterocycles. The fourth-order valence-electron chi connectivity index (χ4n) is 1.75. The first kappa shape index (κ1) is 19.1. The van der Waals surface area contributed by atoms with Gasteiger partial charge < -0.3 is 15.4 Å². The molecule has 0 saturated heterocycles. The molecule has 0 atom stereocenters. The smallest absolute Gasteiger partial charge is 0.406 e. The number of benzene rings is 2. The Morgan fingerprint density at radius 3 is 1.79 bits per heavy atom. The molecule has 2 aromatic carbocycles. The topological polar surface area (TPSA) is 50.4 Å². The molecular weight excluding hydrogens is 525 g/mol. The summed E-state index contributed by atoms with van der Waals surface area (Å²) in [5, 5.41) is 5.01. The average molecular weight is 533 g/mol. The van der Waals surface area contributed by atoms with Gasteiger partial charge in [-0.3, -0.25) is 0 Å². The van der Waals surface area contributed by atoms with Gasteiger partial charge in [0, 0.05) is 30.9 Å². The number of hydrogen-bond donors (Lipinski definition) is 2. The Kier molecular flexibility index (Phi) is 6.16. The van der Waals surface area contributed by atoms with E-state index in [0.29, 0.717) is 10.2 Å². The maximum absolute atomic E-state index is 12.3. The number of urea groups is 1. The normalized spacial score (nSPS) is 11.1. The zero-order valence-corrected chi connectivity index (χ0v) is 16.3. The Labute approximate surface area is 160 Å². The third-order valence-corrected chi connectivity index (χ3v) is 3.86. The molecule has 0 aliphatic rings. The largest absolute Gasteiger partial charge is 0.573 e. The van der Waals surface area contributed by atoms with E-state index in [1.54, 1.807) is 18.2 Å². The molecule has 0 unspecified atom stereocenters. The van der Waals surface area contributed by atoms with Gasteiger partial charge in [-0.1, -0.05) is 47.8 Å². The van der Waals surface area contributed by atoms with E-state index in [2.05, 4.69) is 63.2 Å². The van der Waals surface area contributed by atoms with Crippen molar-refractivity contribution in [3.63, 3.8) is 0 Å². The molecule has 2 N–H and O–H groups in total. The lowest BCUT2D eigenvalue weighted by Crippen LogP contribution is -2.20. The van der Waals surface area contributed by atoms with Gasteiger partial charge in [-0.25, -0.2) is 4.79 Å². The maximum Gasteiger partial charge on any atom is 0.573 e. The van der Waals surface area contributed by atoms with Crippen LogP contribution in [0, 0.1) is 0 Å². The first-order chi connectivity index (χ1) is 11.1. The summed E-state index contributed by atoms with van der Waals surface area (Å²) in [7, 11) is 0. The quantitative estimate of drug-likeness (QED) is 0.473. The Bertz CT molecular complexity index is 749. The minimum atomic E-state index is -4.82. The average Bonchev–Trinajstić information content (AvgIpc) is 2.33. The molecule has 2 rings (SSSR count). The van der Waals surface area contributed by atoms with Crippen LogP contribution in [0.3, 0.4) is 0 Å². The summed E-state index contributed by atoms with van der Waals surface area (Å²) in [5.74, 6) is -0.447. The first-order valence-corrected chi connectivity index (χ1v) is 8.59. The van der Waals surface area contributed by atoms with Crippen LogP contribution in [-0.2, 0) is 0 Å². The fourth-order valence-corrected chi connectivity index (χ4v) is 3.51. The first-order valence-electron chi connectivity index (χ1n) is 6.21. The van der Waals surface area contributed by atoms with Crippen molar-refractivity contribution in [2.45, 2.75) is 6.36 Å². The van der Waals surface area contributed by atoms with Crippen molar-refractivity contribution in [3.8, 4) is 5.75 Å². The van der Waals surface area contributed by atoms with Crippen LogP contribution in [0.25, 0.3) is 0 Å². The van der Waals surface area contributed by atoms with Gasteiger partial charge in [0.15, 0.2) is 0 Å². The number of carbonyl (C=O) groups is 1. The van der Waals surface area contributed by atoms with E-state index in [-0.39, 0.29) is 5.69 Å². The fraction of sp³-hybridized carbons (Fsp3) is 0.0714. The molecule has 4 nitrogen and oxygen atoms in total. The number of anilines is 2. The van der Waals surface area contributed by atoms with Gasteiger partial charge in [0.05, 0.1) is 0 Å². The summed E-state index contributed by atoms with van der Waals surface area (Å²) in [5.41, 5.74) is 0.630. The van der Waals surface area contributed by atoms with Crippen molar-refractivity contribution >= 4 is 65.2 Å². The van der Waals surface area contributed by atoms with Gasteiger partial charge in [0.25, 0.3) is 0 Å². The summed E-state index contributed by atoms with van der Waals surface area (Å²) < 4.78 is 42.5. The lowest BCUT2D eigenvalue weighted by Gasteiger charge is -2.12. The third kappa shape index (κ3) is 6.33. The second-order valence-corrected chi connectivity index (χ2v) is 7.21. The molecule has 0 heterocycles. The molecule has 0 aliphatic carbocycles. The van der Waals surface area contributed by atoms with Crippen LogP contribution in [0.15, 0.2) is 49.8 Å². The van der Waals surface area contributed by atoms with Crippen molar-refractivity contribution in [2.24, 2.45) is 0 Å². The molecular formula is C14H8Br3F3N2O2. The Morgan fingerprint density at radius 1 is 0.833 bits per heavy atom. The number of hydrogen-bond acceptors (Lipinski definition) is 2. The van der Waals surface area contributed by atoms with Crippen LogP contribution in [0.2, 0.25) is 0 Å². The van der Waals surface area contributed by atoms with E-state index in [1.165, 1.54) is 6.07 Å². The number of ether oxygens (including phenoxy) is 1. The molecule has 2 aromatic rings. The Balaban J connectivity index is 2.11. The maximum atomic E-state index is 12.3.